The first kappa shape index (κ1) is 18.8. The minimum Gasteiger partial charge on any atom is -0.464 e. The van der Waals surface area contributed by atoms with Gasteiger partial charge in [-0.15, -0.1) is 11.8 Å². The molecule has 1 aromatic rings. The summed E-state index contributed by atoms with van der Waals surface area (Å²) in [6, 6.07) is 9.41. The number of ether oxygens (including phenoxy) is 1. The number of esters is 1. The summed E-state index contributed by atoms with van der Waals surface area (Å²) in [5.74, 6) is 0.863. The van der Waals surface area contributed by atoms with Gasteiger partial charge in [-0.25, -0.2) is 4.79 Å². The number of carbonyl (C=O) groups excluding carboxylic acids is 2. The van der Waals surface area contributed by atoms with E-state index < -0.39 is 6.04 Å². The lowest BCUT2D eigenvalue weighted by Gasteiger charge is -2.29. The normalized spacial score (nSPS) is 20.7. The van der Waals surface area contributed by atoms with Gasteiger partial charge < -0.3 is 9.64 Å². The van der Waals surface area contributed by atoms with Crippen molar-refractivity contribution in [3.05, 3.63) is 35.9 Å². The van der Waals surface area contributed by atoms with Gasteiger partial charge in [0.05, 0.1) is 6.61 Å². The Morgan fingerprint density at radius 2 is 1.83 bits per heavy atom. The third kappa shape index (κ3) is 4.76. The fraction of sp³-hybridized carbons (Fsp3) is 0.579. The van der Waals surface area contributed by atoms with Gasteiger partial charge in [-0.05, 0) is 17.4 Å². The van der Waals surface area contributed by atoms with Gasteiger partial charge in [-0.3, -0.25) is 4.79 Å². The molecule has 0 spiro atoms. The molecule has 132 valence electrons. The molecule has 1 aromatic carbocycles. The van der Waals surface area contributed by atoms with Crippen LogP contribution in [-0.4, -0.2) is 35.2 Å². The number of hydrogen-bond donors (Lipinski definition) is 0. The van der Waals surface area contributed by atoms with Crippen molar-refractivity contribution in [1.82, 2.24) is 4.90 Å². The van der Waals surface area contributed by atoms with Crippen LogP contribution in [0.5, 0.6) is 0 Å². The number of thioether (sulfide) groups is 1. The summed E-state index contributed by atoms with van der Waals surface area (Å²) in [6.45, 7) is 8.44. The van der Waals surface area contributed by atoms with E-state index >= 15 is 0 Å². The molecule has 1 fully saturated rings. The molecule has 5 heteroatoms. The highest BCUT2D eigenvalue weighted by molar-refractivity contribution is 7.99. The van der Waals surface area contributed by atoms with E-state index in [2.05, 4.69) is 0 Å². The summed E-state index contributed by atoms with van der Waals surface area (Å²) < 4.78 is 5.41. The van der Waals surface area contributed by atoms with Crippen molar-refractivity contribution in [2.24, 2.45) is 11.8 Å². The lowest BCUT2D eigenvalue weighted by molar-refractivity contribution is -0.155. The topological polar surface area (TPSA) is 46.6 Å². The number of nitrogens with zero attached hydrogens (tertiary/aromatic N) is 1. The predicted molar refractivity (Wildman–Crippen MR) is 97.5 cm³/mol. The van der Waals surface area contributed by atoms with Gasteiger partial charge in [0.15, 0.2) is 0 Å². The zero-order valence-electron chi connectivity index (χ0n) is 14.9. The molecule has 1 amide bonds. The molecule has 1 aliphatic heterocycles. The van der Waals surface area contributed by atoms with Crippen molar-refractivity contribution in [3.8, 4) is 0 Å². The summed E-state index contributed by atoms with van der Waals surface area (Å²) in [7, 11) is 0. The molecule has 2 unspecified atom stereocenters. The summed E-state index contributed by atoms with van der Waals surface area (Å²) in [4.78, 5) is 27.0. The molecular formula is C19H27NO3S. The van der Waals surface area contributed by atoms with Gasteiger partial charge in [0.1, 0.15) is 11.4 Å². The van der Waals surface area contributed by atoms with E-state index in [1.807, 2.05) is 58.0 Å². The fourth-order valence-electron chi connectivity index (χ4n) is 2.67. The van der Waals surface area contributed by atoms with Gasteiger partial charge in [-0.2, -0.15) is 0 Å². The molecule has 0 bridgehead atoms. The zero-order chi connectivity index (χ0) is 17.7. The largest absolute Gasteiger partial charge is 0.464 e. The average molecular weight is 349 g/mol. The quantitative estimate of drug-likeness (QED) is 0.731. The van der Waals surface area contributed by atoms with Gasteiger partial charge in [-0.1, -0.05) is 58.0 Å². The Labute approximate surface area is 148 Å². The van der Waals surface area contributed by atoms with Crippen molar-refractivity contribution >= 4 is 23.6 Å². The Morgan fingerprint density at radius 1 is 1.17 bits per heavy atom. The van der Waals surface area contributed by atoms with Crippen LogP contribution in [0.3, 0.4) is 0 Å². The molecular weight excluding hydrogens is 322 g/mol. The zero-order valence-corrected chi connectivity index (χ0v) is 15.7. The molecule has 1 heterocycles. The highest BCUT2D eigenvalue weighted by Crippen LogP contribution is 2.42. The summed E-state index contributed by atoms with van der Waals surface area (Å²) >= 11 is 1.63. The Hall–Kier alpha value is -1.49. The molecule has 0 radical (unpaired) electrons. The third-order valence-electron chi connectivity index (χ3n) is 3.79. The molecule has 4 nitrogen and oxygen atoms in total. The second-order valence-electron chi connectivity index (χ2n) is 7.04. The van der Waals surface area contributed by atoms with Crippen LogP contribution in [0.15, 0.2) is 30.3 Å². The van der Waals surface area contributed by atoms with Crippen molar-refractivity contribution < 1.29 is 14.3 Å². The smallest absolute Gasteiger partial charge is 0.329 e. The van der Waals surface area contributed by atoms with Crippen LogP contribution in [0.2, 0.25) is 0 Å². The lowest BCUT2D eigenvalue weighted by Crippen LogP contribution is -2.44. The second kappa shape index (κ2) is 8.56. The van der Waals surface area contributed by atoms with E-state index in [0.717, 1.165) is 5.56 Å². The molecule has 2 rings (SSSR count). The summed E-state index contributed by atoms with van der Waals surface area (Å²) in [6.07, 6.45) is 0.442. The Morgan fingerprint density at radius 3 is 2.42 bits per heavy atom. The molecule has 1 aliphatic rings. The minimum absolute atomic E-state index is 0.0235. The van der Waals surface area contributed by atoms with E-state index in [-0.39, 0.29) is 29.1 Å². The standard InChI is InChI=1S/C19H27NO3S/c1-13(2)10-17(21)20-16(19(22)23-11-14(3)4)12-24-18(20)15-8-6-5-7-9-15/h5-9,13-14,16,18H,10-12H2,1-4H3. The van der Waals surface area contributed by atoms with Crippen molar-refractivity contribution in [2.75, 3.05) is 12.4 Å². The first-order chi connectivity index (χ1) is 11.4. The van der Waals surface area contributed by atoms with Crippen LogP contribution in [0.4, 0.5) is 0 Å². The maximum absolute atomic E-state index is 12.8. The first-order valence-corrected chi connectivity index (χ1v) is 9.59. The second-order valence-corrected chi connectivity index (χ2v) is 8.15. The van der Waals surface area contributed by atoms with Gasteiger partial charge >= 0.3 is 5.97 Å². The van der Waals surface area contributed by atoms with Crippen LogP contribution in [-0.2, 0) is 14.3 Å². The van der Waals surface area contributed by atoms with E-state index in [1.165, 1.54) is 0 Å². The highest BCUT2D eigenvalue weighted by atomic mass is 32.2. The Bertz CT molecular complexity index is 559. The number of benzene rings is 1. The maximum atomic E-state index is 12.8. The van der Waals surface area contributed by atoms with E-state index in [1.54, 1.807) is 16.7 Å². The third-order valence-corrected chi connectivity index (χ3v) is 5.11. The number of amides is 1. The van der Waals surface area contributed by atoms with Crippen LogP contribution in [0.1, 0.15) is 45.1 Å². The van der Waals surface area contributed by atoms with Gasteiger partial charge in [0.25, 0.3) is 0 Å². The summed E-state index contributed by atoms with van der Waals surface area (Å²) in [5.41, 5.74) is 1.05. The van der Waals surface area contributed by atoms with Crippen molar-refractivity contribution in [1.29, 1.82) is 0 Å². The molecule has 1 saturated heterocycles. The number of hydrogen-bond acceptors (Lipinski definition) is 4. The van der Waals surface area contributed by atoms with E-state index in [0.29, 0.717) is 18.8 Å². The van der Waals surface area contributed by atoms with Crippen LogP contribution in [0.25, 0.3) is 0 Å². The molecule has 0 aliphatic carbocycles. The fourth-order valence-corrected chi connectivity index (χ4v) is 4.10. The van der Waals surface area contributed by atoms with E-state index in [9.17, 15) is 9.59 Å². The highest BCUT2D eigenvalue weighted by Gasteiger charge is 2.43. The molecule has 0 N–H and O–H groups in total. The molecule has 0 aromatic heterocycles. The Balaban J connectivity index is 2.20. The first-order valence-electron chi connectivity index (χ1n) is 8.54. The van der Waals surface area contributed by atoms with Crippen LogP contribution >= 0.6 is 11.8 Å². The SMILES string of the molecule is CC(C)COC(=O)C1CSC(c2ccccc2)N1C(=O)CC(C)C. The number of rotatable bonds is 6. The monoisotopic (exact) mass is 349 g/mol. The van der Waals surface area contributed by atoms with E-state index in [4.69, 9.17) is 4.74 Å². The van der Waals surface area contributed by atoms with Crippen LogP contribution < -0.4 is 0 Å². The van der Waals surface area contributed by atoms with Gasteiger partial charge in [0, 0.05) is 12.2 Å². The van der Waals surface area contributed by atoms with Crippen molar-refractivity contribution in [2.45, 2.75) is 45.5 Å². The Kier molecular flexibility index (Phi) is 6.72. The molecule has 2 atom stereocenters. The van der Waals surface area contributed by atoms with Crippen molar-refractivity contribution in [3.63, 3.8) is 0 Å². The number of carbonyl (C=O) groups is 2. The summed E-state index contributed by atoms with van der Waals surface area (Å²) in [5, 5.41) is -0.117. The predicted octanol–water partition coefficient (Wildman–Crippen LogP) is 3.87. The minimum atomic E-state index is -0.495. The molecule has 0 saturated carbocycles. The molecule has 24 heavy (non-hydrogen) atoms. The van der Waals surface area contributed by atoms with Crippen LogP contribution in [0, 0.1) is 11.8 Å². The average Bonchev–Trinajstić information content (AvgIpc) is 2.98. The lowest BCUT2D eigenvalue weighted by atomic mass is 10.1. The maximum Gasteiger partial charge on any atom is 0.329 e. The van der Waals surface area contributed by atoms with Gasteiger partial charge in [0.2, 0.25) is 5.91 Å².